The van der Waals surface area contributed by atoms with Gasteiger partial charge in [0, 0.05) is 12.6 Å². The van der Waals surface area contributed by atoms with Crippen molar-refractivity contribution in [2.75, 3.05) is 19.6 Å². The van der Waals surface area contributed by atoms with E-state index >= 15 is 0 Å². The fourth-order valence-electron chi connectivity index (χ4n) is 1.53. The summed E-state index contributed by atoms with van der Waals surface area (Å²) in [4.78, 5) is 24.2. The van der Waals surface area contributed by atoms with Gasteiger partial charge < -0.3 is 14.9 Å². The predicted molar refractivity (Wildman–Crippen MR) is 62.8 cm³/mol. The number of carbonyl (C=O) groups excluding carboxylic acids is 1. The summed E-state index contributed by atoms with van der Waals surface area (Å²) >= 11 is 0. The molecule has 0 rings (SSSR count). The normalized spacial score (nSPS) is 11.5. The molecule has 5 nitrogen and oxygen atoms in total. The van der Waals surface area contributed by atoms with Gasteiger partial charge in [-0.3, -0.25) is 4.79 Å². The average Bonchev–Trinajstić information content (AvgIpc) is 2.22. The van der Waals surface area contributed by atoms with Crippen molar-refractivity contribution in [1.82, 2.24) is 9.80 Å². The summed E-state index contributed by atoms with van der Waals surface area (Å²) in [6, 6.07) is -1.40. The maximum Gasteiger partial charge on any atom is 0.406 e. The predicted octanol–water partition coefficient (Wildman–Crippen LogP) is 2.18. The number of hydrogen-bond acceptors (Lipinski definition) is 2. The van der Waals surface area contributed by atoms with E-state index in [1.54, 1.807) is 20.8 Å². The minimum Gasteiger partial charge on any atom is -0.480 e. The van der Waals surface area contributed by atoms with Crippen molar-refractivity contribution in [3.8, 4) is 0 Å². The molecule has 0 aromatic carbocycles. The van der Waals surface area contributed by atoms with Gasteiger partial charge in [0.15, 0.2) is 0 Å². The van der Waals surface area contributed by atoms with Crippen molar-refractivity contribution in [2.24, 2.45) is 0 Å². The highest BCUT2D eigenvalue weighted by Gasteiger charge is 2.35. The van der Waals surface area contributed by atoms with Gasteiger partial charge in [0.1, 0.15) is 13.1 Å². The Bertz CT molecular complexity index is 319. The standard InChI is InChI=1S/C11H19F3N2O3/c1-4-5-15(7-11(12,13)14)10(19)16(8(2)3)6-9(17)18/h8H,4-7H2,1-3H3,(H,17,18). The van der Waals surface area contributed by atoms with Gasteiger partial charge in [-0.2, -0.15) is 13.2 Å². The van der Waals surface area contributed by atoms with Crippen LogP contribution in [0, 0.1) is 0 Å². The highest BCUT2D eigenvalue weighted by molar-refractivity contribution is 5.80. The van der Waals surface area contributed by atoms with Crippen LogP contribution in [0.25, 0.3) is 0 Å². The summed E-state index contributed by atoms with van der Waals surface area (Å²) in [7, 11) is 0. The summed E-state index contributed by atoms with van der Waals surface area (Å²) in [5.41, 5.74) is 0. The van der Waals surface area contributed by atoms with E-state index in [1.165, 1.54) is 0 Å². The zero-order valence-corrected chi connectivity index (χ0v) is 11.2. The highest BCUT2D eigenvalue weighted by atomic mass is 19.4. The molecular weight excluding hydrogens is 265 g/mol. The van der Waals surface area contributed by atoms with Crippen LogP contribution in [0.1, 0.15) is 27.2 Å². The van der Waals surface area contributed by atoms with Crippen LogP contribution in [-0.4, -0.2) is 58.8 Å². The van der Waals surface area contributed by atoms with Crippen molar-refractivity contribution >= 4 is 12.0 Å². The average molecular weight is 284 g/mol. The van der Waals surface area contributed by atoms with Gasteiger partial charge in [0.05, 0.1) is 0 Å². The summed E-state index contributed by atoms with van der Waals surface area (Å²) in [6.07, 6.45) is -4.14. The van der Waals surface area contributed by atoms with Crippen LogP contribution >= 0.6 is 0 Å². The van der Waals surface area contributed by atoms with E-state index in [0.29, 0.717) is 11.3 Å². The van der Waals surface area contributed by atoms with Gasteiger partial charge in [-0.15, -0.1) is 0 Å². The first-order valence-corrected chi connectivity index (χ1v) is 5.92. The number of nitrogens with zero attached hydrogens (tertiary/aromatic N) is 2. The number of carboxylic acids is 1. The van der Waals surface area contributed by atoms with Crippen LogP contribution in [-0.2, 0) is 4.79 Å². The van der Waals surface area contributed by atoms with Crippen molar-refractivity contribution in [3.63, 3.8) is 0 Å². The third-order valence-corrected chi connectivity index (χ3v) is 2.31. The molecule has 0 heterocycles. The van der Waals surface area contributed by atoms with E-state index < -0.39 is 37.3 Å². The molecule has 2 amide bonds. The number of alkyl halides is 3. The first-order valence-electron chi connectivity index (χ1n) is 5.92. The Hall–Kier alpha value is -1.47. The molecule has 0 atom stereocenters. The minimum absolute atomic E-state index is 0.0683. The van der Waals surface area contributed by atoms with Gasteiger partial charge >= 0.3 is 18.2 Å². The molecule has 8 heteroatoms. The number of carboxylic acid groups (broad SMARTS) is 1. The number of hydrogen-bond donors (Lipinski definition) is 1. The van der Waals surface area contributed by atoms with Crippen LogP contribution in [0.3, 0.4) is 0 Å². The Balaban J connectivity index is 4.97. The molecular formula is C11H19F3N2O3. The van der Waals surface area contributed by atoms with Crippen molar-refractivity contribution in [1.29, 1.82) is 0 Å². The second-order valence-electron chi connectivity index (χ2n) is 4.43. The van der Waals surface area contributed by atoms with Crippen LogP contribution in [0.2, 0.25) is 0 Å². The molecule has 0 unspecified atom stereocenters. The maximum atomic E-state index is 12.4. The summed E-state index contributed by atoms with van der Waals surface area (Å²) in [5, 5.41) is 8.69. The van der Waals surface area contributed by atoms with Crippen molar-refractivity contribution in [2.45, 2.75) is 39.4 Å². The summed E-state index contributed by atoms with van der Waals surface area (Å²) in [5.74, 6) is -1.26. The second-order valence-corrected chi connectivity index (χ2v) is 4.43. The lowest BCUT2D eigenvalue weighted by Gasteiger charge is -2.32. The lowest BCUT2D eigenvalue weighted by Crippen LogP contribution is -2.51. The molecule has 19 heavy (non-hydrogen) atoms. The van der Waals surface area contributed by atoms with E-state index in [9.17, 15) is 22.8 Å². The number of amides is 2. The third kappa shape index (κ3) is 6.88. The van der Waals surface area contributed by atoms with Crippen LogP contribution < -0.4 is 0 Å². The Kier molecular flexibility index (Phi) is 6.64. The quantitative estimate of drug-likeness (QED) is 0.813. The van der Waals surface area contributed by atoms with Crippen LogP contribution in [0.4, 0.5) is 18.0 Å². The molecule has 0 aliphatic rings. The van der Waals surface area contributed by atoms with E-state index in [4.69, 9.17) is 5.11 Å². The first kappa shape index (κ1) is 17.5. The first-order chi connectivity index (χ1) is 8.58. The zero-order chi connectivity index (χ0) is 15.2. The Morgan fingerprint density at radius 3 is 2.11 bits per heavy atom. The number of halogens is 3. The van der Waals surface area contributed by atoms with E-state index in [-0.39, 0.29) is 6.54 Å². The van der Waals surface area contributed by atoms with E-state index in [2.05, 4.69) is 0 Å². The summed E-state index contributed by atoms with van der Waals surface area (Å²) < 4.78 is 37.2. The van der Waals surface area contributed by atoms with Crippen molar-refractivity contribution in [3.05, 3.63) is 0 Å². The van der Waals surface area contributed by atoms with E-state index in [0.717, 1.165) is 4.90 Å². The molecule has 112 valence electrons. The molecule has 0 spiro atoms. The van der Waals surface area contributed by atoms with Gasteiger partial charge in [0.2, 0.25) is 0 Å². The SMILES string of the molecule is CCCN(CC(F)(F)F)C(=O)N(CC(=O)O)C(C)C. The monoisotopic (exact) mass is 284 g/mol. The highest BCUT2D eigenvalue weighted by Crippen LogP contribution is 2.18. The van der Waals surface area contributed by atoms with Crippen LogP contribution in [0.15, 0.2) is 0 Å². The molecule has 0 fully saturated rings. The Morgan fingerprint density at radius 2 is 1.79 bits per heavy atom. The molecule has 0 aromatic heterocycles. The lowest BCUT2D eigenvalue weighted by molar-refractivity contribution is -0.142. The number of urea groups is 1. The zero-order valence-electron chi connectivity index (χ0n) is 11.2. The fraction of sp³-hybridized carbons (Fsp3) is 0.818. The van der Waals surface area contributed by atoms with Gasteiger partial charge in [-0.25, -0.2) is 4.79 Å². The topological polar surface area (TPSA) is 60.9 Å². The van der Waals surface area contributed by atoms with Crippen molar-refractivity contribution < 1.29 is 27.9 Å². The lowest BCUT2D eigenvalue weighted by atomic mass is 10.3. The van der Waals surface area contributed by atoms with E-state index in [1.807, 2.05) is 0 Å². The molecule has 0 radical (unpaired) electrons. The Labute approximate surface area is 110 Å². The minimum atomic E-state index is -4.50. The molecule has 1 N–H and O–H groups in total. The van der Waals surface area contributed by atoms with Gasteiger partial charge in [-0.1, -0.05) is 6.92 Å². The molecule has 0 aliphatic heterocycles. The Morgan fingerprint density at radius 1 is 1.26 bits per heavy atom. The largest absolute Gasteiger partial charge is 0.480 e. The van der Waals surface area contributed by atoms with Gasteiger partial charge in [-0.05, 0) is 20.3 Å². The molecule has 0 aliphatic carbocycles. The maximum absolute atomic E-state index is 12.4. The molecule has 0 aromatic rings. The number of carbonyl (C=O) groups is 2. The molecule has 0 saturated heterocycles. The third-order valence-electron chi connectivity index (χ3n) is 2.31. The fourth-order valence-corrected chi connectivity index (χ4v) is 1.53. The molecule has 0 saturated carbocycles. The number of rotatable bonds is 6. The van der Waals surface area contributed by atoms with Crippen LogP contribution in [0.5, 0.6) is 0 Å². The summed E-state index contributed by atoms with van der Waals surface area (Å²) in [6.45, 7) is 2.70. The smallest absolute Gasteiger partial charge is 0.406 e. The molecule has 0 bridgehead atoms. The number of aliphatic carboxylic acids is 1. The van der Waals surface area contributed by atoms with Gasteiger partial charge in [0.25, 0.3) is 0 Å². The second kappa shape index (κ2) is 7.20.